The molecule has 17 heavy (non-hydrogen) atoms. The lowest BCUT2D eigenvalue weighted by atomic mass is 10.1. The van der Waals surface area contributed by atoms with Crippen molar-refractivity contribution in [3.8, 4) is 0 Å². The van der Waals surface area contributed by atoms with E-state index in [0.29, 0.717) is 0 Å². The molecule has 10 heteroatoms. The summed E-state index contributed by atoms with van der Waals surface area (Å²) in [6.45, 7) is 0. The smallest absolute Gasteiger partial charge is 0.358 e. The maximum atomic E-state index is 12.4. The maximum Gasteiger partial charge on any atom is 0.425 e. The number of pyridine rings is 1. The Kier molecular flexibility index (Phi) is 3.51. The molecule has 0 aliphatic rings. The van der Waals surface area contributed by atoms with Gasteiger partial charge in [-0.25, -0.2) is 8.78 Å². The predicted molar refractivity (Wildman–Crippen MR) is 45.9 cm³/mol. The molecule has 1 heterocycles. The number of aromatic nitrogens is 1. The first-order valence-electron chi connectivity index (χ1n) is 3.84. The summed E-state index contributed by atoms with van der Waals surface area (Å²) in [7, 11) is 0. The van der Waals surface area contributed by atoms with Crippen molar-refractivity contribution in [2.24, 2.45) is 0 Å². The zero-order valence-electron chi connectivity index (χ0n) is 7.63. The number of alkyl halides is 5. The van der Waals surface area contributed by atoms with Crippen LogP contribution in [0.2, 0.25) is 5.15 Å². The van der Waals surface area contributed by atoms with Crippen molar-refractivity contribution in [3.05, 3.63) is 32.5 Å². The molecule has 0 atom stereocenters. The van der Waals surface area contributed by atoms with Crippen molar-refractivity contribution in [1.82, 2.24) is 4.98 Å². The first-order valence-corrected chi connectivity index (χ1v) is 4.22. The van der Waals surface area contributed by atoms with Crippen molar-refractivity contribution < 1.29 is 26.9 Å². The molecule has 0 saturated heterocycles. The molecule has 0 spiro atoms. The average Bonchev–Trinajstić information content (AvgIpc) is 2.14. The predicted octanol–water partition coefficient (Wildman–Crippen LogP) is 3.60. The van der Waals surface area contributed by atoms with Crippen LogP contribution in [0.25, 0.3) is 0 Å². The van der Waals surface area contributed by atoms with Gasteiger partial charge in [-0.05, 0) is 21.5 Å². The molecule has 0 N–H and O–H groups in total. The zero-order chi connectivity index (χ0) is 13.4. The molecule has 0 fully saturated rings. The topological polar surface area (TPSA) is 56.0 Å². The van der Waals surface area contributed by atoms with Crippen molar-refractivity contribution >= 4 is 17.4 Å². The minimum absolute atomic E-state index is 0.252. The van der Waals surface area contributed by atoms with Crippen LogP contribution in [0.15, 0.2) is 6.07 Å². The second kappa shape index (κ2) is 4.40. The summed E-state index contributed by atoms with van der Waals surface area (Å²) in [5.41, 5.74) is -3.65. The van der Waals surface area contributed by atoms with Gasteiger partial charge in [-0.15, -0.1) is 0 Å². The standard InChI is InChI=1S/C7H2ClF5N2O2/c8-3-1-2(5(9)10)4(7(11,12)13)6(14-3)15(16)17/h1,5H. The molecule has 1 rings (SSSR count). The molecule has 0 saturated carbocycles. The van der Waals surface area contributed by atoms with Crippen molar-refractivity contribution in [3.63, 3.8) is 0 Å². The van der Waals surface area contributed by atoms with Gasteiger partial charge in [0.2, 0.25) is 5.15 Å². The van der Waals surface area contributed by atoms with Crippen LogP contribution in [-0.2, 0) is 6.18 Å². The minimum atomic E-state index is -5.31. The molecule has 4 nitrogen and oxygen atoms in total. The molecular weight excluding hydrogens is 275 g/mol. The van der Waals surface area contributed by atoms with E-state index in [1.807, 2.05) is 0 Å². The lowest BCUT2D eigenvalue weighted by molar-refractivity contribution is -0.392. The summed E-state index contributed by atoms with van der Waals surface area (Å²) in [4.78, 5) is 11.6. The molecule has 0 aliphatic heterocycles. The minimum Gasteiger partial charge on any atom is -0.358 e. The molecule has 0 aromatic carbocycles. The third-order valence-corrected chi connectivity index (χ3v) is 1.88. The van der Waals surface area contributed by atoms with E-state index in [1.165, 1.54) is 0 Å². The summed E-state index contributed by atoms with van der Waals surface area (Å²) in [6, 6.07) is 0.252. The Hall–Kier alpha value is -1.51. The third kappa shape index (κ3) is 2.78. The Labute approximate surface area is 95.2 Å². The number of hydrogen-bond acceptors (Lipinski definition) is 3. The van der Waals surface area contributed by atoms with Gasteiger partial charge in [0.25, 0.3) is 6.43 Å². The molecule has 1 aromatic heterocycles. The van der Waals surface area contributed by atoms with Gasteiger partial charge in [-0.1, -0.05) is 0 Å². The van der Waals surface area contributed by atoms with E-state index >= 15 is 0 Å². The first-order chi connectivity index (χ1) is 7.64. The second-order valence-electron chi connectivity index (χ2n) is 2.79. The van der Waals surface area contributed by atoms with Gasteiger partial charge in [0.15, 0.2) is 5.56 Å². The Morgan fingerprint density at radius 3 is 2.29 bits per heavy atom. The van der Waals surface area contributed by atoms with Crippen LogP contribution in [0.4, 0.5) is 27.8 Å². The summed E-state index contributed by atoms with van der Waals surface area (Å²) in [5, 5.41) is 9.53. The van der Waals surface area contributed by atoms with Crippen LogP contribution in [0, 0.1) is 10.1 Å². The number of rotatable bonds is 2. The van der Waals surface area contributed by atoms with Crippen LogP contribution in [0.5, 0.6) is 0 Å². The van der Waals surface area contributed by atoms with E-state index in [9.17, 15) is 32.1 Å². The number of hydrogen-bond donors (Lipinski definition) is 0. The highest BCUT2D eigenvalue weighted by Gasteiger charge is 2.44. The van der Waals surface area contributed by atoms with E-state index in [1.54, 1.807) is 0 Å². The van der Waals surface area contributed by atoms with Gasteiger partial charge in [0, 0.05) is 11.6 Å². The lowest BCUT2D eigenvalue weighted by Gasteiger charge is -2.11. The quantitative estimate of drug-likeness (QED) is 0.359. The zero-order valence-corrected chi connectivity index (χ0v) is 8.39. The van der Waals surface area contributed by atoms with Crippen molar-refractivity contribution in [1.29, 1.82) is 0 Å². The van der Waals surface area contributed by atoms with Crippen LogP contribution in [0.1, 0.15) is 17.6 Å². The van der Waals surface area contributed by atoms with Gasteiger partial charge in [0.1, 0.15) is 0 Å². The normalized spacial score (nSPS) is 11.9. The van der Waals surface area contributed by atoms with Crippen LogP contribution in [0.3, 0.4) is 0 Å². The highest BCUT2D eigenvalue weighted by Crippen LogP contribution is 2.41. The van der Waals surface area contributed by atoms with Gasteiger partial charge < -0.3 is 10.1 Å². The molecule has 0 bridgehead atoms. The van der Waals surface area contributed by atoms with Crippen LogP contribution >= 0.6 is 11.6 Å². The summed E-state index contributed by atoms with van der Waals surface area (Å²) >= 11 is 5.14. The fraction of sp³-hybridized carbons (Fsp3) is 0.286. The second-order valence-corrected chi connectivity index (χ2v) is 3.18. The van der Waals surface area contributed by atoms with Crippen LogP contribution < -0.4 is 0 Å². The fourth-order valence-corrected chi connectivity index (χ4v) is 1.31. The van der Waals surface area contributed by atoms with Gasteiger partial charge in [-0.2, -0.15) is 13.2 Å². The number of nitrogens with zero attached hydrogens (tertiary/aromatic N) is 2. The number of nitro groups is 1. The lowest BCUT2D eigenvalue weighted by Crippen LogP contribution is -2.14. The molecular formula is C7H2ClF5N2O2. The highest BCUT2D eigenvalue weighted by molar-refractivity contribution is 6.29. The highest BCUT2D eigenvalue weighted by atomic mass is 35.5. The molecule has 0 aliphatic carbocycles. The van der Waals surface area contributed by atoms with E-state index in [4.69, 9.17) is 11.6 Å². The monoisotopic (exact) mass is 276 g/mol. The summed E-state index contributed by atoms with van der Waals surface area (Å²) in [5.74, 6) is -1.74. The van der Waals surface area contributed by atoms with Gasteiger partial charge in [-0.3, -0.25) is 0 Å². The van der Waals surface area contributed by atoms with E-state index in [0.717, 1.165) is 0 Å². The Morgan fingerprint density at radius 1 is 1.41 bits per heavy atom. The van der Waals surface area contributed by atoms with Gasteiger partial charge in [0.05, 0.1) is 0 Å². The van der Waals surface area contributed by atoms with E-state index in [-0.39, 0.29) is 6.07 Å². The van der Waals surface area contributed by atoms with Crippen molar-refractivity contribution in [2.75, 3.05) is 0 Å². The average molecular weight is 277 g/mol. The molecule has 0 radical (unpaired) electrons. The first kappa shape index (κ1) is 13.6. The SMILES string of the molecule is O=[N+]([O-])c1nc(Cl)cc(C(F)F)c1C(F)(F)F. The molecule has 94 valence electrons. The fourth-order valence-electron chi connectivity index (χ4n) is 1.11. The number of halogens is 6. The molecule has 0 unspecified atom stereocenters. The van der Waals surface area contributed by atoms with E-state index in [2.05, 4.69) is 4.98 Å². The summed E-state index contributed by atoms with van der Waals surface area (Å²) < 4.78 is 62.1. The summed E-state index contributed by atoms with van der Waals surface area (Å²) in [6.07, 6.45) is -8.86. The Morgan fingerprint density at radius 2 is 1.94 bits per heavy atom. The Balaban J connectivity index is 3.66. The third-order valence-electron chi connectivity index (χ3n) is 1.69. The molecule has 0 amide bonds. The maximum absolute atomic E-state index is 12.4. The molecule has 1 aromatic rings. The Bertz CT molecular complexity index is 462. The van der Waals surface area contributed by atoms with Crippen molar-refractivity contribution in [2.45, 2.75) is 12.6 Å². The van der Waals surface area contributed by atoms with Crippen LogP contribution in [-0.4, -0.2) is 9.91 Å². The van der Waals surface area contributed by atoms with Gasteiger partial charge >= 0.3 is 12.0 Å². The van der Waals surface area contributed by atoms with E-state index < -0.39 is 39.6 Å². The largest absolute Gasteiger partial charge is 0.425 e.